The summed E-state index contributed by atoms with van der Waals surface area (Å²) in [6.07, 6.45) is 0. The van der Waals surface area contributed by atoms with Gasteiger partial charge in [-0.2, -0.15) is 5.10 Å². The minimum Gasteiger partial charge on any atom is -0.232 e. The molecule has 0 radical (unpaired) electrons. The third kappa shape index (κ3) is 1.98. The smallest absolute Gasteiger partial charge is 0.163 e. The number of fused-ring (bicyclic) bond motifs is 1. The average molecular weight is 306 g/mol. The molecule has 102 valence electrons. The molecule has 0 aliphatic heterocycles. The number of aromatic nitrogens is 3. The van der Waals surface area contributed by atoms with Gasteiger partial charge in [0, 0.05) is 10.4 Å². The van der Waals surface area contributed by atoms with E-state index >= 15 is 0 Å². The van der Waals surface area contributed by atoms with Crippen molar-refractivity contribution in [2.24, 2.45) is 0 Å². The molecule has 3 aromatic rings. The Morgan fingerprint density at radius 3 is 2.25 bits per heavy atom. The molecule has 3 nitrogen and oxygen atoms in total. The molecule has 0 amide bonds. The van der Waals surface area contributed by atoms with Crippen LogP contribution in [0.15, 0.2) is 24.3 Å². The van der Waals surface area contributed by atoms with Gasteiger partial charge in [-0.3, -0.25) is 0 Å². The van der Waals surface area contributed by atoms with Gasteiger partial charge in [-0.15, -0.1) is 0 Å². The molecule has 0 bridgehead atoms. The van der Waals surface area contributed by atoms with Crippen molar-refractivity contribution in [1.82, 2.24) is 14.8 Å². The maximum absolute atomic E-state index is 6.29. The fourth-order valence-electron chi connectivity index (χ4n) is 2.41. The maximum atomic E-state index is 6.29. The SMILES string of the molecule is Cc1nc2c(c(C)nn2-c2ccc(Cl)cc2)c(C)c1Cl. The Labute approximate surface area is 127 Å². The van der Waals surface area contributed by atoms with E-state index in [0.717, 1.165) is 33.7 Å². The van der Waals surface area contributed by atoms with Gasteiger partial charge < -0.3 is 0 Å². The molecule has 0 N–H and O–H groups in total. The van der Waals surface area contributed by atoms with E-state index in [1.54, 1.807) is 0 Å². The van der Waals surface area contributed by atoms with Crippen molar-refractivity contribution in [3.63, 3.8) is 0 Å². The fourth-order valence-corrected chi connectivity index (χ4v) is 2.67. The first-order valence-electron chi connectivity index (χ1n) is 6.27. The summed E-state index contributed by atoms with van der Waals surface area (Å²) < 4.78 is 1.83. The number of hydrogen-bond acceptors (Lipinski definition) is 2. The summed E-state index contributed by atoms with van der Waals surface area (Å²) in [6.45, 7) is 5.87. The van der Waals surface area contributed by atoms with Gasteiger partial charge in [0.1, 0.15) is 0 Å². The Bertz CT molecular complexity index is 804. The van der Waals surface area contributed by atoms with E-state index in [9.17, 15) is 0 Å². The number of aryl methyl sites for hydroxylation is 3. The van der Waals surface area contributed by atoms with Crippen LogP contribution in [0.2, 0.25) is 10.0 Å². The summed E-state index contributed by atoms with van der Waals surface area (Å²) >= 11 is 12.2. The number of pyridine rings is 1. The zero-order valence-corrected chi connectivity index (χ0v) is 12.9. The highest BCUT2D eigenvalue weighted by Gasteiger charge is 2.16. The number of rotatable bonds is 1. The second kappa shape index (κ2) is 4.76. The Morgan fingerprint density at radius 1 is 0.950 bits per heavy atom. The lowest BCUT2D eigenvalue weighted by atomic mass is 10.1. The average Bonchev–Trinajstić information content (AvgIpc) is 2.74. The lowest BCUT2D eigenvalue weighted by Gasteiger charge is -2.06. The highest BCUT2D eigenvalue weighted by molar-refractivity contribution is 6.32. The highest BCUT2D eigenvalue weighted by atomic mass is 35.5. The molecular weight excluding hydrogens is 293 g/mol. The lowest BCUT2D eigenvalue weighted by Crippen LogP contribution is -1.99. The molecule has 2 heterocycles. The molecule has 2 aromatic heterocycles. The third-order valence-electron chi connectivity index (χ3n) is 3.40. The van der Waals surface area contributed by atoms with Crippen LogP contribution in [-0.4, -0.2) is 14.8 Å². The number of halogens is 2. The zero-order valence-electron chi connectivity index (χ0n) is 11.4. The molecule has 1 aromatic carbocycles. The first kappa shape index (κ1) is 13.4. The molecule has 5 heteroatoms. The van der Waals surface area contributed by atoms with Gasteiger partial charge >= 0.3 is 0 Å². The van der Waals surface area contributed by atoms with Crippen molar-refractivity contribution in [2.45, 2.75) is 20.8 Å². The first-order valence-corrected chi connectivity index (χ1v) is 7.02. The molecule has 20 heavy (non-hydrogen) atoms. The Kier molecular flexibility index (Phi) is 3.19. The Balaban J connectivity index is 2.35. The maximum Gasteiger partial charge on any atom is 0.163 e. The van der Waals surface area contributed by atoms with Gasteiger partial charge in [0.05, 0.1) is 22.1 Å². The van der Waals surface area contributed by atoms with Crippen LogP contribution in [0.5, 0.6) is 0 Å². The Hall–Kier alpha value is -1.58. The van der Waals surface area contributed by atoms with Gasteiger partial charge in [-0.25, -0.2) is 9.67 Å². The number of hydrogen-bond donors (Lipinski definition) is 0. The van der Waals surface area contributed by atoms with Gasteiger partial charge in [0.2, 0.25) is 0 Å². The Morgan fingerprint density at radius 2 is 1.60 bits per heavy atom. The third-order valence-corrected chi connectivity index (χ3v) is 4.21. The van der Waals surface area contributed by atoms with Crippen LogP contribution >= 0.6 is 23.2 Å². The van der Waals surface area contributed by atoms with Gasteiger partial charge in [0.15, 0.2) is 5.65 Å². The van der Waals surface area contributed by atoms with Gasteiger partial charge in [-0.05, 0) is 50.6 Å². The van der Waals surface area contributed by atoms with Crippen molar-refractivity contribution in [3.05, 3.63) is 51.3 Å². The van der Waals surface area contributed by atoms with Crippen LogP contribution in [0.4, 0.5) is 0 Å². The molecule has 0 fully saturated rings. The molecule has 3 rings (SSSR count). The van der Waals surface area contributed by atoms with Gasteiger partial charge in [0.25, 0.3) is 0 Å². The monoisotopic (exact) mass is 305 g/mol. The topological polar surface area (TPSA) is 30.7 Å². The van der Waals surface area contributed by atoms with Crippen LogP contribution in [-0.2, 0) is 0 Å². The van der Waals surface area contributed by atoms with Crippen LogP contribution in [0.25, 0.3) is 16.7 Å². The second-order valence-corrected chi connectivity index (χ2v) is 5.62. The van der Waals surface area contributed by atoms with E-state index in [1.807, 2.05) is 49.7 Å². The fraction of sp³-hybridized carbons (Fsp3) is 0.200. The highest BCUT2D eigenvalue weighted by Crippen LogP contribution is 2.30. The zero-order chi connectivity index (χ0) is 14.4. The van der Waals surface area contributed by atoms with E-state index in [-0.39, 0.29) is 0 Å². The van der Waals surface area contributed by atoms with Crippen LogP contribution in [0, 0.1) is 20.8 Å². The van der Waals surface area contributed by atoms with Crippen molar-refractivity contribution in [2.75, 3.05) is 0 Å². The largest absolute Gasteiger partial charge is 0.232 e. The lowest BCUT2D eigenvalue weighted by molar-refractivity contribution is 0.875. The normalized spacial score (nSPS) is 11.2. The van der Waals surface area contributed by atoms with E-state index in [1.165, 1.54) is 0 Å². The molecule has 0 aliphatic rings. The molecule has 0 spiro atoms. The minimum absolute atomic E-state index is 0.699. The van der Waals surface area contributed by atoms with Crippen LogP contribution in [0.1, 0.15) is 17.0 Å². The van der Waals surface area contributed by atoms with Crippen LogP contribution in [0.3, 0.4) is 0 Å². The molecule has 0 aliphatic carbocycles. The minimum atomic E-state index is 0.699. The standard InChI is InChI=1S/C15H13Cl2N3/c1-8-13-9(2)19-20(12-6-4-11(16)5-7-12)15(13)18-10(3)14(8)17/h4-7H,1-3H3. The van der Waals surface area contributed by atoms with Crippen LogP contribution < -0.4 is 0 Å². The quantitative estimate of drug-likeness (QED) is 0.655. The molecule has 0 saturated heterocycles. The molecule has 0 unspecified atom stereocenters. The van der Waals surface area contributed by atoms with Gasteiger partial charge in [-0.1, -0.05) is 23.2 Å². The van der Waals surface area contributed by atoms with E-state index < -0.39 is 0 Å². The summed E-state index contributed by atoms with van der Waals surface area (Å²) in [4.78, 5) is 4.59. The van der Waals surface area contributed by atoms with Crippen molar-refractivity contribution in [3.8, 4) is 5.69 Å². The summed E-state index contributed by atoms with van der Waals surface area (Å²) in [5.41, 5.74) is 4.51. The van der Waals surface area contributed by atoms with Crippen molar-refractivity contribution >= 4 is 34.2 Å². The second-order valence-electron chi connectivity index (χ2n) is 4.81. The number of benzene rings is 1. The predicted octanol–water partition coefficient (Wildman–Crippen LogP) is 4.65. The van der Waals surface area contributed by atoms with E-state index in [0.29, 0.717) is 10.0 Å². The summed E-state index contributed by atoms with van der Waals surface area (Å²) in [7, 11) is 0. The molecule has 0 atom stereocenters. The first-order chi connectivity index (χ1) is 9.49. The number of nitrogens with zero attached hydrogens (tertiary/aromatic N) is 3. The van der Waals surface area contributed by atoms with Crippen molar-refractivity contribution < 1.29 is 0 Å². The van der Waals surface area contributed by atoms with E-state index in [2.05, 4.69) is 10.1 Å². The molecule has 0 saturated carbocycles. The predicted molar refractivity (Wildman–Crippen MR) is 83.1 cm³/mol. The summed E-state index contributed by atoms with van der Waals surface area (Å²) in [6, 6.07) is 7.54. The molecular formula is C15H13Cl2N3. The summed E-state index contributed by atoms with van der Waals surface area (Å²) in [5.74, 6) is 0. The van der Waals surface area contributed by atoms with Crippen molar-refractivity contribution in [1.29, 1.82) is 0 Å². The van der Waals surface area contributed by atoms with E-state index in [4.69, 9.17) is 23.2 Å². The summed E-state index contributed by atoms with van der Waals surface area (Å²) in [5, 5.41) is 7.00.